The number of rotatable bonds is 1. The molecule has 2 nitrogen and oxygen atoms in total. The minimum Gasteiger partial charge on any atom is -0.237 e. The van der Waals surface area contributed by atoms with Gasteiger partial charge < -0.3 is 0 Å². The molecule has 98 valence electrons. The summed E-state index contributed by atoms with van der Waals surface area (Å²) in [6.07, 6.45) is 9.72. The third kappa shape index (κ3) is 2.40. The van der Waals surface area contributed by atoms with Crippen molar-refractivity contribution in [2.45, 2.75) is 64.2 Å². The first-order chi connectivity index (χ1) is 8.74. The SMILES string of the molecule is CC1CCC(c2nc(Cl)c3c(n2)CCCC3)CC1. The van der Waals surface area contributed by atoms with E-state index in [0.29, 0.717) is 5.92 Å². The first-order valence-corrected chi connectivity index (χ1v) is 7.67. The summed E-state index contributed by atoms with van der Waals surface area (Å²) in [5.74, 6) is 2.44. The van der Waals surface area contributed by atoms with E-state index in [1.54, 1.807) is 0 Å². The molecule has 3 heteroatoms. The molecular weight excluding hydrogens is 244 g/mol. The smallest absolute Gasteiger partial charge is 0.136 e. The van der Waals surface area contributed by atoms with Gasteiger partial charge in [-0.3, -0.25) is 0 Å². The molecule has 0 spiro atoms. The van der Waals surface area contributed by atoms with Crippen LogP contribution < -0.4 is 0 Å². The van der Waals surface area contributed by atoms with Crippen LogP contribution in [0, 0.1) is 5.92 Å². The number of fused-ring (bicyclic) bond motifs is 1. The molecule has 3 rings (SSSR count). The van der Waals surface area contributed by atoms with E-state index in [4.69, 9.17) is 16.6 Å². The normalized spacial score (nSPS) is 27.9. The van der Waals surface area contributed by atoms with Gasteiger partial charge >= 0.3 is 0 Å². The maximum atomic E-state index is 6.34. The third-order valence-electron chi connectivity index (χ3n) is 4.53. The molecule has 1 aromatic heterocycles. The number of aryl methyl sites for hydroxylation is 1. The van der Waals surface area contributed by atoms with Crippen molar-refractivity contribution in [3.05, 3.63) is 22.2 Å². The van der Waals surface area contributed by atoms with Gasteiger partial charge in [0.15, 0.2) is 0 Å². The van der Waals surface area contributed by atoms with Gasteiger partial charge in [0.05, 0.1) is 0 Å². The maximum Gasteiger partial charge on any atom is 0.136 e. The largest absolute Gasteiger partial charge is 0.237 e. The number of nitrogens with zero attached hydrogens (tertiary/aromatic N) is 2. The Kier molecular flexibility index (Phi) is 3.56. The van der Waals surface area contributed by atoms with Crippen LogP contribution in [0.3, 0.4) is 0 Å². The van der Waals surface area contributed by atoms with E-state index in [9.17, 15) is 0 Å². The van der Waals surface area contributed by atoms with E-state index in [-0.39, 0.29) is 0 Å². The highest BCUT2D eigenvalue weighted by atomic mass is 35.5. The Labute approximate surface area is 114 Å². The van der Waals surface area contributed by atoms with Gasteiger partial charge in [-0.25, -0.2) is 9.97 Å². The first kappa shape index (κ1) is 12.4. The van der Waals surface area contributed by atoms with Gasteiger partial charge in [-0.05, 0) is 44.4 Å². The van der Waals surface area contributed by atoms with Gasteiger partial charge in [-0.2, -0.15) is 0 Å². The number of hydrogen-bond acceptors (Lipinski definition) is 2. The molecule has 2 aliphatic carbocycles. The zero-order valence-corrected chi connectivity index (χ0v) is 11.8. The van der Waals surface area contributed by atoms with Crippen LogP contribution in [0.15, 0.2) is 0 Å². The monoisotopic (exact) mass is 264 g/mol. The summed E-state index contributed by atoms with van der Waals surface area (Å²) < 4.78 is 0. The highest BCUT2D eigenvalue weighted by Crippen LogP contribution is 2.35. The van der Waals surface area contributed by atoms with Gasteiger partial charge in [0.2, 0.25) is 0 Å². The third-order valence-corrected chi connectivity index (χ3v) is 4.84. The lowest BCUT2D eigenvalue weighted by atomic mass is 9.82. The van der Waals surface area contributed by atoms with Crippen molar-refractivity contribution in [2.24, 2.45) is 5.92 Å². The van der Waals surface area contributed by atoms with Gasteiger partial charge in [0.25, 0.3) is 0 Å². The first-order valence-electron chi connectivity index (χ1n) is 7.29. The van der Waals surface area contributed by atoms with Crippen LogP contribution in [0.5, 0.6) is 0 Å². The molecule has 1 aromatic rings. The molecule has 0 atom stereocenters. The Bertz CT molecular complexity index is 436. The Balaban J connectivity index is 1.86. The van der Waals surface area contributed by atoms with Crippen LogP contribution in [0.4, 0.5) is 0 Å². The zero-order chi connectivity index (χ0) is 12.5. The lowest BCUT2D eigenvalue weighted by Crippen LogP contribution is -2.17. The molecule has 0 aliphatic heterocycles. The molecule has 0 saturated heterocycles. The average Bonchev–Trinajstić information content (AvgIpc) is 2.39. The van der Waals surface area contributed by atoms with Crippen molar-refractivity contribution in [1.82, 2.24) is 9.97 Å². The fourth-order valence-electron chi connectivity index (χ4n) is 3.27. The van der Waals surface area contributed by atoms with Crippen molar-refractivity contribution < 1.29 is 0 Å². The molecule has 2 aliphatic rings. The van der Waals surface area contributed by atoms with Crippen molar-refractivity contribution in [3.8, 4) is 0 Å². The van der Waals surface area contributed by atoms with E-state index < -0.39 is 0 Å². The molecular formula is C15H21ClN2. The van der Waals surface area contributed by atoms with Crippen LogP contribution in [-0.4, -0.2) is 9.97 Å². The van der Waals surface area contributed by atoms with E-state index in [2.05, 4.69) is 11.9 Å². The summed E-state index contributed by atoms with van der Waals surface area (Å²) in [6, 6.07) is 0. The van der Waals surface area contributed by atoms with E-state index in [1.165, 1.54) is 49.8 Å². The van der Waals surface area contributed by atoms with Crippen molar-refractivity contribution in [3.63, 3.8) is 0 Å². The van der Waals surface area contributed by atoms with E-state index in [1.807, 2.05) is 0 Å². The molecule has 18 heavy (non-hydrogen) atoms. The summed E-state index contributed by atoms with van der Waals surface area (Å²) in [5, 5.41) is 0.730. The van der Waals surface area contributed by atoms with Crippen LogP contribution >= 0.6 is 11.6 Å². The van der Waals surface area contributed by atoms with E-state index in [0.717, 1.165) is 29.7 Å². The fraction of sp³-hybridized carbons (Fsp3) is 0.733. The van der Waals surface area contributed by atoms with E-state index >= 15 is 0 Å². The fourth-order valence-corrected chi connectivity index (χ4v) is 3.56. The van der Waals surface area contributed by atoms with Gasteiger partial charge in [0, 0.05) is 17.2 Å². The van der Waals surface area contributed by atoms with Gasteiger partial charge in [0.1, 0.15) is 11.0 Å². The summed E-state index contributed by atoms with van der Waals surface area (Å²) in [6.45, 7) is 2.34. The average molecular weight is 265 g/mol. The quantitative estimate of drug-likeness (QED) is 0.707. The summed E-state index contributed by atoms with van der Waals surface area (Å²) in [7, 11) is 0. The second kappa shape index (κ2) is 5.16. The lowest BCUT2D eigenvalue weighted by Gasteiger charge is -2.26. The Morgan fingerprint density at radius 2 is 1.72 bits per heavy atom. The van der Waals surface area contributed by atoms with Crippen molar-refractivity contribution in [2.75, 3.05) is 0 Å². The molecule has 1 saturated carbocycles. The second-order valence-corrected chi connectivity index (χ2v) is 6.32. The molecule has 0 bridgehead atoms. The number of hydrogen-bond donors (Lipinski definition) is 0. The zero-order valence-electron chi connectivity index (χ0n) is 11.1. The second-order valence-electron chi connectivity index (χ2n) is 5.96. The molecule has 0 aromatic carbocycles. The van der Waals surface area contributed by atoms with Gasteiger partial charge in [-0.15, -0.1) is 0 Å². The van der Waals surface area contributed by atoms with Crippen LogP contribution in [0.25, 0.3) is 0 Å². The Morgan fingerprint density at radius 3 is 2.50 bits per heavy atom. The lowest BCUT2D eigenvalue weighted by molar-refractivity contribution is 0.339. The highest BCUT2D eigenvalue weighted by molar-refractivity contribution is 6.30. The Hall–Kier alpha value is -0.630. The molecule has 0 unspecified atom stereocenters. The van der Waals surface area contributed by atoms with Crippen molar-refractivity contribution in [1.29, 1.82) is 0 Å². The summed E-state index contributed by atoms with van der Waals surface area (Å²) in [5.41, 5.74) is 2.45. The van der Waals surface area contributed by atoms with Crippen LogP contribution in [0.2, 0.25) is 5.15 Å². The molecule has 0 amide bonds. The highest BCUT2D eigenvalue weighted by Gasteiger charge is 2.24. The predicted molar refractivity (Wildman–Crippen MR) is 74.1 cm³/mol. The van der Waals surface area contributed by atoms with Crippen molar-refractivity contribution >= 4 is 11.6 Å². The molecule has 0 N–H and O–H groups in total. The van der Waals surface area contributed by atoms with Gasteiger partial charge in [-0.1, -0.05) is 31.4 Å². The maximum absolute atomic E-state index is 6.34. The Morgan fingerprint density at radius 1 is 1.00 bits per heavy atom. The molecule has 1 heterocycles. The summed E-state index contributed by atoms with van der Waals surface area (Å²) in [4.78, 5) is 9.42. The molecule has 1 fully saturated rings. The number of aromatic nitrogens is 2. The molecule has 0 radical (unpaired) electrons. The number of halogens is 1. The standard InChI is InChI=1S/C15H21ClN2/c1-10-6-8-11(9-7-10)15-17-13-5-3-2-4-12(13)14(16)18-15/h10-11H,2-9H2,1H3. The predicted octanol–water partition coefficient (Wildman–Crippen LogP) is 4.30. The summed E-state index contributed by atoms with van der Waals surface area (Å²) >= 11 is 6.34. The van der Waals surface area contributed by atoms with Crippen LogP contribution in [0.1, 0.15) is 68.4 Å². The minimum atomic E-state index is 0.547. The topological polar surface area (TPSA) is 25.8 Å². The van der Waals surface area contributed by atoms with Crippen LogP contribution in [-0.2, 0) is 12.8 Å². The minimum absolute atomic E-state index is 0.547.